The van der Waals surface area contributed by atoms with Crippen LogP contribution in [0.3, 0.4) is 0 Å². The molecule has 5 nitrogen and oxygen atoms in total. The van der Waals surface area contributed by atoms with E-state index in [1.165, 1.54) is 11.1 Å². The number of hydrogen-bond donors (Lipinski definition) is 2. The summed E-state index contributed by atoms with van der Waals surface area (Å²) in [4.78, 5) is 4.58. The minimum absolute atomic E-state index is 0.113. The third-order valence-corrected chi connectivity index (χ3v) is 5.16. The minimum Gasteiger partial charge on any atom is -0.389 e. The Morgan fingerprint density at radius 3 is 3.04 bits per heavy atom. The van der Waals surface area contributed by atoms with E-state index in [0.29, 0.717) is 13.2 Å². The van der Waals surface area contributed by atoms with E-state index in [1.54, 1.807) is 0 Å². The fourth-order valence-corrected chi connectivity index (χ4v) is 3.76. The zero-order valence-corrected chi connectivity index (χ0v) is 15.6. The van der Waals surface area contributed by atoms with Gasteiger partial charge in [0.15, 0.2) is 0 Å². The highest BCUT2D eigenvalue weighted by Crippen LogP contribution is 2.32. The van der Waals surface area contributed by atoms with Crippen molar-refractivity contribution in [2.45, 2.75) is 37.9 Å². The molecular formula is C22H27N3O2. The molecule has 0 radical (unpaired) electrons. The molecule has 3 aromatic rings. The summed E-state index contributed by atoms with van der Waals surface area (Å²) in [6.45, 7) is 1.68. The number of hydrogen-bond acceptors (Lipinski definition) is 4. The third kappa shape index (κ3) is 4.56. The number of aliphatic hydroxyl groups excluding tert-OH is 1. The Hall–Kier alpha value is -2.21. The third-order valence-electron chi connectivity index (χ3n) is 5.16. The smallest absolute Gasteiger partial charge is 0.136 e. The van der Waals surface area contributed by atoms with E-state index >= 15 is 0 Å². The number of nitrogens with one attached hydrogen (secondary N) is 1. The molecule has 2 atom stereocenters. The van der Waals surface area contributed by atoms with Crippen LogP contribution in [0.5, 0.6) is 0 Å². The van der Waals surface area contributed by atoms with Crippen LogP contribution in [-0.2, 0) is 17.6 Å². The van der Waals surface area contributed by atoms with Gasteiger partial charge in [-0.05, 0) is 42.5 Å². The Labute approximate surface area is 160 Å². The summed E-state index contributed by atoms with van der Waals surface area (Å²) in [5.74, 6) is 0. The first kappa shape index (κ1) is 18.2. The predicted octanol–water partition coefficient (Wildman–Crippen LogP) is 2.92. The second-order valence-electron chi connectivity index (χ2n) is 7.22. The van der Waals surface area contributed by atoms with Gasteiger partial charge < -0.3 is 19.6 Å². The van der Waals surface area contributed by atoms with Crippen molar-refractivity contribution in [2.75, 3.05) is 19.7 Å². The zero-order chi connectivity index (χ0) is 18.5. The topological polar surface area (TPSA) is 58.8 Å². The molecule has 0 bridgehead atoms. The summed E-state index contributed by atoms with van der Waals surface area (Å²) in [5, 5.41) is 13.5. The van der Waals surface area contributed by atoms with Crippen molar-refractivity contribution >= 4 is 5.65 Å². The van der Waals surface area contributed by atoms with Crippen molar-refractivity contribution < 1.29 is 9.84 Å². The quantitative estimate of drug-likeness (QED) is 0.603. The number of aliphatic hydroxyl groups is 1. The maximum Gasteiger partial charge on any atom is 0.136 e. The van der Waals surface area contributed by atoms with Gasteiger partial charge in [0.2, 0.25) is 0 Å². The van der Waals surface area contributed by atoms with E-state index in [9.17, 15) is 5.11 Å². The summed E-state index contributed by atoms with van der Waals surface area (Å²) < 4.78 is 8.05. The van der Waals surface area contributed by atoms with Crippen LogP contribution in [0.1, 0.15) is 35.8 Å². The van der Waals surface area contributed by atoms with Gasteiger partial charge in [-0.15, -0.1) is 0 Å². The van der Waals surface area contributed by atoms with Crippen LogP contribution in [-0.4, -0.2) is 40.3 Å². The number of imidazole rings is 1. The van der Waals surface area contributed by atoms with Crippen molar-refractivity contribution in [2.24, 2.45) is 0 Å². The van der Waals surface area contributed by atoms with Crippen LogP contribution in [0.4, 0.5) is 0 Å². The highest BCUT2D eigenvalue weighted by Gasteiger charge is 2.21. The normalized spacial score (nSPS) is 17.7. The first-order valence-corrected chi connectivity index (χ1v) is 9.80. The second-order valence-corrected chi connectivity index (χ2v) is 7.22. The van der Waals surface area contributed by atoms with Crippen molar-refractivity contribution in [3.8, 4) is 0 Å². The van der Waals surface area contributed by atoms with Crippen molar-refractivity contribution in [1.29, 1.82) is 0 Å². The number of pyridine rings is 1. The Balaban J connectivity index is 1.19. The highest BCUT2D eigenvalue weighted by atomic mass is 16.5. The maximum absolute atomic E-state index is 10.2. The number of nitrogens with zero attached hydrogens (tertiary/aromatic N) is 2. The molecular weight excluding hydrogens is 338 g/mol. The van der Waals surface area contributed by atoms with Gasteiger partial charge in [-0.3, -0.25) is 0 Å². The molecule has 2 unspecified atom stereocenters. The van der Waals surface area contributed by atoms with Crippen molar-refractivity contribution in [3.63, 3.8) is 0 Å². The number of fused-ring (bicyclic) bond motifs is 2. The molecule has 5 heteroatoms. The number of aryl methyl sites for hydroxylation is 1. The molecule has 1 aromatic carbocycles. The molecule has 1 aliphatic rings. The molecule has 2 heterocycles. The van der Waals surface area contributed by atoms with Gasteiger partial charge in [-0.2, -0.15) is 0 Å². The van der Waals surface area contributed by atoms with Crippen LogP contribution in [0.25, 0.3) is 5.65 Å². The van der Waals surface area contributed by atoms with Gasteiger partial charge in [-0.25, -0.2) is 4.98 Å². The molecule has 0 amide bonds. The SMILES string of the molecule is OC(CNCCc1cn2ccccc2n1)COC1CCCc2ccccc21. The molecule has 2 N–H and O–H groups in total. The number of rotatable bonds is 8. The van der Waals surface area contributed by atoms with Gasteiger partial charge in [0.05, 0.1) is 24.5 Å². The zero-order valence-electron chi connectivity index (χ0n) is 15.6. The van der Waals surface area contributed by atoms with E-state index in [0.717, 1.165) is 43.6 Å². The number of aromatic nitrogens is 2. The lowest BCUT2D eigenvalue weighted by Gasteiger charge is -2.26. The van der Waals surface area contributed by atoms with Crippen LogP contribution >= 0.6 is 0 Å². The lowest BCUT2D eigenvalue weighted by molar-refractivity contribution is -0.0166. The summed E-state index contributed by atoms with van der Waals surface area (Å²) in [7, 11) is 0. The van der Waals surface area contributed by atoms with E-state index in [1.807, 2.05) is 28.8 Å². The number of ether oxygens (including phenoxy) is 1. The van der Waals surface area contributed by atoms with Crippen LogP contribution < -0.4 is 5.32 Å². The minimum atomic E-state index is -0.500. The summed E-state index contributed by atoms with van der Waals surface area (Å²) in [5.41, 5.74) is 4.69. The van der Waals surface area contributed by atoms with Crippen LogP contribution in [0, 0.1) is 0 Å². The van der Waals surface area contributed by atoms with Gasteiger partial charge in [-0.1, -0.05) is 30.3 Å². The lowest BCUT2D eigenvalue weighted by atomic mass is 9.89. The summed E-state index contributed by atoms with van der Waals surface area (Å²) >= 11 is 0. The molecule has 2 aromatic heterocycles. The van der Waals surface area contributed by atoms with E-state index in [2.05, 4.69) is 40.8 Å². The highest BCUT2D eigenvalue weighted by molar-refractivity contribution is 5.39. The van der Waals surface area contributed by atoms with Gasteiger partial charge in [0.25, 0.3) is 0 Å². The van der Waals surface area contributed by atoms with Gasteiger partial charge in [0.1, 0.15) is 5.65 Å². The second kappa shape index (κ2) is 8.65. The van der Waals surface area contributed by atoms with Crippen LogP contribution in [0.15, 0.2) is 54.9 Å². The Morgan fingerprint density at radius 2 is 2.11 bits per heavy atom. The average Bonchev–Trinajstić information content (AvgIpc) is 3.12. The molecule has 142 valence electrons. The predicted molar refractivity (Wildman–Crippen MR) is 106 cm³/mol. The molecule has 0 saturated heterocycles. The van der Waals surface area contributed by atoms with E-state index < -0.39 is 6.10 Å². The molecule has 0 spiro atoms. The fraction of sp³-hybridized carbons (Fsp3) is 0.409. The Bertz CT molecular complexity index is 844. The number of benzene rings is 1. The first-order valence-electron chi connectivity index (χ1n) is 9.80. The van der Waals surface area contributed by atoms with Crippen LogP contribution in [0.2, 0.25) is 0 Å². The monoisotopic (exact) mass is 365 g/mol. The molecule has 27 heavy (non-hydrogen) atoms. The average molecular weight is 365 g/mol. The van der Waals surface area contributed by atoms with E-state index in [-0.39, 0.29) is 6.10 Å². The molecule has 0 saturated carbocycles. The van der Waals surface area contributed by atoms with Gasteiger partial charge >= 0.3 is 0 Å². The van der Waals surface area contributed by atoms with Crippen molar-refractivity contribution in [1.82, 2.24) is 14.7 Å². The summed E-state index contributed by atoms with van der Waals surface area (Å²) in [6, 6.07) is 14.5. The summed E-state index contributed by atoms with van der Waals surface area (Å²) in [6.07, 6.45) is 7.82. The molecule has 4 rings (SSSR count). The molecule has 1 aliphatic carbocycles. The fourth-order valence-electron chi connectivity index (χ4n) is 3.76. The largest absolute Gasteiger partial charge is 0.389 e. The van der Waals surface area contributed by atoms with Gasteiger partial charge in [0, 0.05) is 31.9 Å². The standard InChI is InChI=1S/C22H27N3O2/c26-19(16-27-21-9-5-7-17-6-1-2-8-20(17)21)14-23-12-11-18-15-25-13-4-3-10-22(25)24-18/h1-4,6,8,10,13,15,19,21,23,26H,5,7,9,11-12,14,16H2. The Kier molecular flexibility index (Phi) is 5.82. The van der Waals surface area contributed by atoms with Crippen molar-refractivity contribution in [3.05, 3.63) is 71.7 Å². The molecule has 0 aliphatic heterocycles. The maximum atomic E-state index is 10.2. The first-order chi connectivity index (χ1) is 13.3. The molecule has 0 fully saturated rings. The lowest BCUT2D eigenvalue weighted by Crippen LogP contribution is -2.32. The Morgan fingerprint density at radius 1 is 1.22 bits per heavy atom. The van der Waals surface area contributed by atoms with E-state index in [4.69, 9.17) is 4.74 Å².